The maximum absolute atomic E-state index is 12.8. The Bertz CT molecular complexity index is 733. The highest BCUT2D eigenvalue weighted by Crippen LogP contribution is 2.32. The van der Waals surface area contributed by atoms with Crippen LogP contribution < -0.4 is 10.5 Å². The maximum atomic E-state index is 12.8. The van der Waals surface area contributed by atoms with Gasteiger partial charge in [0.15, 0.2) is 0 Å². The summed E-state index contributed by atoms with van der Waals surface area (Å²) >= 11 is 0. The zero-order chi connectivity index (χ0) is 17.0. The Hall–Kier alpha value is -3.00. The van der Waals surface area contributed by atoms with Crippen molar-refractivity contribution in [3.05, 3.63) is 64.0 Å². The number of carbonyl (C=O) groups is 1. The Labute approximate surface area is 130 Å². The van der Waals surface area contributed by atoms with Crippen LogP contribution in [0.4, 0.5) is 10.1 Å². The summed E-state index contributed by atoms with van der Waals surface area (Å²) in [5.74, 6) is -1.44. The number of carboxylic acids is 1. The van der Waals surface area contributed by atoms with E-state index in [1.54, 1.807) is 0 Å². The van der Waals surface area contributed by atoms with Gasteiger partial charge in [-0.25, -0.2) is 4.39 Å². The molecule has 0 spiro atoms. The molecule has 2 aromatic rings. The Morgan fingerprint density at radius 2 is 1.96 bits per heavy atom. The number of ether oxygens (including phenoxy) is 1. The predicted molar refractivity (Wildman–Crippen MR) is 78.9 cm³/mol. The van der Waals surface area contributed by atoms with E-state index >= 15 is 0 Å². The quantitative estimate of drug-likeness (QED) is 0.624. The summed E-state index contributed by atoms with van der Waals surface area (Å²) in [4.78, 5) is 21.3. The molecule has 0 fully saturated rings. The van der Waals surface area contributed by atoms with E-state index in [0.717, 1.165) is 0 Å². The number of nitrogens with two attached hydrogens (primary N) is 1. The molecule has 7 nitrogen and oxygen atoms in total. The molecule has 2 aromatic carbocycles. The van der Waals surface area contributed by atoms with E-state index in [1.165, 1.54) is 42.5 Å². The summed E-state index contributed by atoms with van der Waals surface area (Å²) in [5.41, 5.74) is 5.49. The van der Waals surface area contributed by atoms with E-state index in [4.69, 9.17) is 15.6 Å². The van der Waals surface area contributed by atoms with Gasteiger partial charge in [-0.1, -0.05) is 6.07 Å². The van der Waals surface area contributed by atoms with Crippen molar-refractivity contribution in [3.8, 4) is 11.5 Å². The zero-order valence-electron chi connectivity index (χ0n) is 11.8. The number of halogens is 1. The lowest BCUT2D eigenvalue weighted by molar-refractivity contribution is -0.385. The van der Waals surface area contributed by atoms with Crippen LogP contribution in [0.3, 0.4) is 0 Å². The Morgan fingerprint density at radius 3 is 2.52 bits per heavy atom. The monoisotopic (exact) mass is 320 g/mol. The van der Waals surface area contributed by atoms with Gasteiger partial charge in [-0.05, 0) is 42.3 Å². The second-order valence-electron chi connectivity index (χ2n) is 4.76. The van der Waals surface area contributed by atoms with E-state index in [2.05, 4.69) is 0 Å². The first-order valence-corrected chi connectivity index (χ1v) is 6.56. The number of rotatable bonds is 6. The van der Waals surface area contributed by atoms with Crippen molar-refractivity contribution in [1.82, 2.24) is 0 Å². The fraction of sp³-hybridized carbons (Fsp3) is 0.133. The van der Waals surface area contributed by atoms with Crippen LogP contribution >= 0.6 is 0 Å². The largest absolute Gasteiger partial charge is 0.480 e. The highest BCUT2D eigenvalue weighted by Gasteiger charge is 2.19. The van der Waals surface area contributed by atoms with Crippen molar-refractivity contribution < 1.29 is 24.0 Å². The third-order valence-electron chi connectivity index (χ3n) is 3.03. The van der Waals surface area contributed by atoms with Gasteiger partial charge in [-0.15, -0.1) is 0 Å². The van der Waals surface area contributed by atoms with E-state index in [1.807, 2.05) is 0 Å². The average molecular weight is 320 g/mol. The van der Waals surface area contributed by atoms with Gasteiger partial charge in [0.2, 0.25) is 5.75 Å². The third-order valence-corrected chi connectivity index (χ3v) is 3.03. The van der Waals surface area contributed by atoms with Crippen LogP contribution in [0.5, 0.6) is 11.5 Å². The smallest absolute Gasteiger partial charge is 0.320 e. The molecule has 0 saturated heterocycles. The van der Waals surface area contributed by atoms with Crippen molar-refractivity contribution in [3.63, 3.8) is 0 Å². The van der Waals surface area contributed by atoms with E-state index < -0.39 is 22.8 Å². The van der Waals surface area contributed by atoms with E-state index in [9.17, 15) is 19.3 Å². The normalized spacial score (nSPS) is 11.7. The van der Waals surface area contributed by atoms with Crippen LogP contribution in [0.1, 0.15) is 5.56 Å². The van der Waals surface area contributed by atoms with Gasteiger partial charge in [-0.2, -0.15) is 0 Å². The number of hydrogen-bond acceptors (Lipinski definition) is 5. The number of nitro groups is 1. The fourth-order valence-corrected chi connectivity index (χ4v) is 1.89. The molecule has 0 radical (unpaired) electrons. The summed E-state index contributed by atoms with van der Waals surface area (Å²) < 4.78 is 18.2. The molecule has 8 heteroatoms. The lowest BCUT2D eigenvalue weighted by Crippen LogP contribution is -2.32. The van der Waals surface area contributed by atoms with Crippen LogP contribution in [0.15, 0.2) is 42.5 Å². The summed E-state index contributed by atoms with van der Waals surface area (Å²) in [6.07, 6.45) is -0.0486. The molecule has 0 heterocycles. The highest BCUT2D eigenvalue weighted by molar-refractivity contribution is 5.73. The first-order chi connectivity index (χ1) is 10.9. The van der Waals surface area contributed by atoms with Crippen LogP contribution in [0.25, 0.3) is 0 Å². The standard InChI is InChI=1S/C15H13FN2O5/c16-10-2-4-11(5-3-10)23-14-6-1-9(7-12(17)15(19)20)8-13(14)18(21)22/h1-6,8,12H,7,17H2,(H,19,20). The minimum Gasteiger partial charge on any atom is -0.480 e. The number of carboxylic acid groups (broad SMARTS) is 1. The first kappa shape index (κ1) is 16.4. The van der Waals surface area contributed by atoms with Crippen LogP contribution in [0.2, 0.25) is 0 Å². The third kappa shape index (κ3) is 4.24. The van der Waals surface area contributed by atoms with Crippen molar-refractivity contribution in [1.29, 1.82) is 0 Å². The number of benzene rings is 2. The Morgan fingerprint density at radius 1 is 1.30 bits per heavy atom. The summed E-state index contributed by atoms with van der Waals surface area (Å²) in [6.45, 7) is 0. The second kappa shape index (κ2) is 6.84. The summed E-state index contributed by atoms with van der Waals surface area (Å²) in [6, 6.07) is 7.92. The number of hydrogen-bond donors (Lipinski definition) is 2. The van der Waals surface area contributed by atoms with Gasteiger partial charge in [0.1, 0.15) is 17.6 Å². The number of aliphatic carboxylic acids is 1. The van der Waals surface area contributed by atoms with Crippen molar-refractivity contribution in [2.24, 2.45) is 5.73 Å². The van der Waals surface area contributed by atoms with Crippen LogP contribution in [0, 0.1) is 15.9 Å². The molecule has 2 rings (SSSR count). The molecule has 0 aromatic heterocycles. The lowest BCUT2D eigenvalue weighted by atomic mass is 10.1. The minimum atomic E-state index is -1.20. The molecule has 0 aliphatic heterocycles. The van der Waals surface area contributed by atoms with Crippen molar-refractivity contribution in [2.75, 3.05) is 0 Å². The molecule has 0 amide bonds. The van der Waals surface area contributed by atoms with Crippen LogP contribution in [-0.4, -0.2) is 22.0 Å². The molecular formula is C15H13FN2O5. The average Bonchev–Trinajstić information content (AvgIpc) is 2.50. The topological polar surface area (TPSA) is 116 Å². The Balaban J connectivity index is 2.27. The fourth-order valence-electron chi connectivity index (χ4n) is 1.89. The minimum absolute atomic E-state index is 0.0331. The van der Waals surface area contributed by atoms with E-state index in [0.29, 0.717) is 5.56 Å². The first-order valence-electron chi connectivity index (χ1n) is 6.56. The molecule has 120 valence electrons. The van der Waals surface area contributed by atoms with Crippen LogP contribution in [-0.2, 0) is 11.2 Å². The van der Waals surface area contributed by atoms with Gasteiger partial charge in [0.25, 0.3) is 0 Å². The Kier molecular flexibility index (Phi) is 4.87. The maximum Gasteiger partial charge on any atom is 0.320 e. The number of nitrogens with zero attached hydrogens (tertiary/aromatic N) is 1. The summed E-state index contributed by atoms with van der Waals surface area (Å²) in [7, 11) is 0. The molecule has 0 aliphatic carbocycles. The zero-order valence-corrected chi connectivity index (χ0v) is 11.8. The van der Waals surface area contributed by atoms with E-state index in [-0.39, 0.29) is 23.6 Å². The van der Waals surface area contributed by atoms with Crippen molar-refractivity contribution in [2.45, 2.75) is 12.5 Å². The second-order valence-corrected chi connectivity index (χ2v) is 4.76. The summed E-state index contributed by atoms with van der Waals surface area (Å²) in [5, 5.41) is 19.9. The predicted octanol–water partition coefficient (Wildman–Crippen LogP) is 2.48. The van der Waals surface area contributed by atoms with Gasteiger partial charge < -0.3 is 15.6 Å². The molecule has 1 atom stereocenters. The van der Waals surface area contributed by atoms with Crippen molar-refractivity contribution >= 4 is 11.7 Å². The molecule has 0 bridgehead atoms. The van der Waals surface area contributed by atoms with Gasteiger partial charge in [-0.3, -0.25) is 14.9 Å². The molecule has 23 heavy (non-hydrogen) atoms. The lowest BCUT2D eigenvalue weighted by Gasteiger charge is -2.09. The number of nitro benzene ring substituents is 1. The highest BCUT2D eigenvalue weighted by atomic mass is 19.1. The molecular weight excluding hydrogens is 307 g/mol. The molecule has 3 N–H and O–H groups in total. The molecule has 1 unspecified atom stereocenters. The molecule has 0 aliphatic rings. The van der Waals surface area contributed by atoms with Gasteiger partial charge in [0.05, 0.1) is 4.92 Å². The molecule has 0 saturated carbocycles. The SMILES string of the molecule is NC(Cc1ccc(Oc2ccc(F)cc2)c([N+](=O)[O-])c1)C(=O)O. The van der Waals surface area contributed by atoms with Gasteiger partial charge in [0, 0.05) is 6.07 Å². The van der Waals surface area contributed by atoms with Gasteiger partial charge >= 0.3 is 11.7 Å².